The molecule has 0 aromatic heterocycles. The van der Waals surface area contributed by atoms with Gasteiger partial charge in [0.15, 0.2) is 0 Å². The van der Waals surface area contributed by atoms with Crippen molar-refractivity contribution < 1.29 is 36.2 Å². The third-order valence-corrected chi connectivity index (χ3v) is 2.47. The maximum Gasteiger partial charge on any atom is 0.411 e. The van der Waals surface area contributed by atoms with Gasteiger partial charge < -0.3 is 14.8 Å². The van der Waals surface area contributed by atoms with Gasteiger partial charge in [-0.2, -0.15) is 22.0 Å². The van der Waals surface area contributed by atoms with Crippen molar-refractivity contribution >= 4 is 23.2 Å². The number of ether oxygens (including phenoxy) is 2. The maximum atomic E-state index is 12.0. The number of nitrogens with one attached hydrogen (secondary N) is 1. The first-order chi connectivity index (χ1) is 10.2. The van der Waals surface area contributed by atoms with Crippen LogP contribution in [0.3, 0.4) is 0 Å². The van der Waals surface area contributed by atoms with E-state index in [-0.39, 0.29) is 22.9 Å². The molecule has 1 amide bonds. The zero-order valence-electron chi connectivity index (χ0n) is 10.9. The summed E-state index contributed by atoms with van der Waals surface area (Å²) in [5.41, 5.74) is 0.187. The standard InChI is InChI=1S/C12H11ClF5NO3/c13-8-5-7(1-2-9(8)22-11(14)15)19-10(20)3-4-21-6-12(16,17)18/h1-2,5,11H,3-4,6H2,(H,19,20). The largest absolute Gasteiger partial charge is 0.433 e. The minimum atomic E-state index is -4.45. The molecular formula is C12H11ClF5NO3. The van der Waals surface area contributed by atoms with Crippen LogP contribution >= 0.6 is 11.6 Å². The molecule has 1 aromatic carbocycles. The van der Waals surface area contributed by atoms with Crippen LogP contribution < -0.4 is 10.1 Å². The lowest BCUT2D eigenvalue weighted by atomic mass is 10.3. The summed E-state index contributed by atoms with van der Waals surface area (Å²) in [5, 5.41) is 2.19. The summed E-state index contributed by atoms with van der Waals surface area (Å²) in [5.74, 6) is -0.871. The normalized spacial score (nSPS) is 11.6. The summed E-state index contributed by atoms with van der Waals surface area (Å²) < 4.78 is 67.8. The number of halogens is 6. The molecule has 10 heteroatoms. The Kier molecular flexibility index (Phi) is 6.82. The molecule has 0 heterocycles. The van der Waals surface area contributed by atoms with Gasteiger partial charge in [-0.25, -0.2) is 0 Å². The Bertz CT molecular complexity index is 510. The Hall–Kier alpha value is -1.61. The predicted molar refractivity (Wildman–Crippen MR) is 68.2 cm³/mol. The maximum absolute atomic E-state index is 12.0. The van der Waals surface area contributed by atoms with Crippen LogP contribution in [0.1, 0.15) is 6.42 Å². The van der Waals surface area contributed by atoms with Crippen LogP contribution in [0.25, 0.3) is 0 Å². The lowest BCUT2D eigenvalue weighted by Gasteiger charge is -2.10. The fourth-order valence-corrected chi connectivity index (χ4v) is 1.57. The van der Waals surface area contributed by atoms with Gasteiger partial charge in [-0.1, -0.05) is 11.6 Å². The molecule has 0 saturated carbocycles. The number of alkyl halides is 5. The lowest BCUT2D eigenvalue weighted by molar-refractivity contribution is -0.174. The molecule has 1 N–H and O–H groups in total. The second kappa shape index (κ2) is 8.14. The third kappa shape index (κ3) is 7.41. The van der Waals surface area contributed by atoms with Crippen LogP contribution in [0.15, 0.2) is 18.2 Å². The lowest BCUT2D eigenvalue weighted by Crippen LogP contribution is -2.20. The SMILES string of the molecule is O=C(CCOCC(F)(F)F)Nc1ccc(OC(F)F)c(Cl)c1. The van der Waals surface area contributed by atoms with E-state index >= 15 is 0 Å². The van der Waals surface area contributed by atoms with Crippen molar-refractivity contribution in [2.45, 2.75) is 19.2 Å². The van der Waals surface area contributed by atoms with Crippen molar-refractivity contribution in [2.24, 2.45) is 0 Å². The van der Waals surface area contributed by atoms with Crippen LogP contribution in [0.4, 0.5) is 27.6 Å². The fraction of sp³-hybridized carbons (Fsp3) is 0.417. The molecule has 1 aromatic rings. The van der Waals surface area contributed by atoms with Crippen molar-refractivity contribution in [3.8, 4) is 5.75 Å². The summed E-state index contributed by atoms with van der Waals surface area (Å²) in [4.78, 5) is 11.4. The Balaban J connectivity index is 2.43. The van der Waals surface area contributed by atoms with E-state index in [1.165, 1.54) is 12.1 Å². The van der Waals surface area contributed by atoms with Gasteiger partial charge in [-0.15, -0.1) is 0 Å². The summed E-state index contributed by atoms with van der Waals surface area (Å²) >= 11 is 5.67. The summed E-state index contributed by atoms with van der Waals surface area (Å²) in [6.07, 6.45) is -4.76. The zero-order valence-corrected chi connectivity index (χ0v) is 11.7. The number of hydrogen-bond acceptors (Lipinski definition) is 3. The Morgan fingerprint density at radius 1 is 1.32 bits per heavy atom. The smallest absolute Gasteiger partial charge is 0.411 e. The van der Waals surface area contributed by atoms with Gasteiger partial charge >= 0.3 is 12.8 Å². The number of hydrogen-bond donors (Lipinski definition) is 1. The number of benzene rings is 1. The van der Waals surface area contributed by atoms with Gasteiger partial charge in [0.2, 0.25) is 5.91 Å². The number of carbonyl (C=O) groups is 1. The Morgan fingerprint density at radius 3 is 2.55 bits per heavy atom. The van der Waals surface area contributed by atoms with Crippen LogP contribution in [-0.2, 0) is 9.53 Å². The number of carbonyl (C=O) groups excluding carboxylic acids is 1. The van der Waals surface area contributed by atoms with Crippen molar-refractivity contribution in [1.29, 1.82) is 0 Å². The first-order valence-corrected chi connectivity index (χ1v) is 6.24. The second-order valence-electron chi connectivity index (χ2n) is 3.99. The van der Waals surface area contributed by atoms with E-state index < -0.39 is 31.9 Å². The first kappa shape index (κ1) is 18.4. The predicted octanol–water partition coefficient (Wildman–Crippen LogP) is 3.85. The number of amides is 1. The highest BCUT2D eigenvalue weighted by atomic mass is 35.5. The molecule has 0 saturated heterocycles. The van der Waals surface area contributed by atoms with Crippen LogP contribution in [-0.4, -0.2) is 31.9 Å². The molecule has 0 atom stereocenters. The van der Waals surface area contributed by atoms with Gasteiger partial charge in [0, 0.05) is 5.69 Å². The topological polar surface area (TPSA) is 47.6 Å². The molecule has 0 fully saturated rings. The average molecular weight is 348 g/mol. The molecule has 0 aliphatic carbocycles. The van der Waals surface area contributed by atoms with Gasteiger partial charge in [0.25, 0.3) is 0 Å². The second-order valence-corrected chi connectivity index (χ2v) is 4.40. The number of anilines is 1. The molecule has 1 rings (SSSR count). The highest BCUT2D eigenvalue weighted by Gasteiger charge is 2.27. The Morgan fingerprint density at radius 2 is 2.00 bits per heavy atom. The quantitative estimate of drug-likeness (QED) is 0.602. The highest BCUT2D eigenvalue weighted by molar-refractivity contribution is 6.32. The zero-order chi connectivity index (χ0) is 16.8. The summed E-state index contributed by atoms with van der Waals surface area (Å²) in [7, 11) is 0. The van der Waals surface area contributed by atoms with Crippen molar-refractivity contribution in [2.75, 3.05) is 18.5 Å². The van der Waals surface area contributed by atoms with E-state index in [1.807, 2.05) is 0 Å². The molecule has 0 aliphatic rings. The molecule has 0 spiro atoms. The van der Waals surface area contributed by atoms with Crippen molar-refractivity contribution in [3.63, 3.8) is 0 Å². The minimum Gasteiger partial charge on any atom is -0.433 e. The molecule has 4 nitrogen and oxygen atoms in total. The monoisotopic (exact) mass is 347 g/mol. The van der Waals surface area contributed by atoms with Gasteiger partial charge in [-0.05, 0) is 18.2 Å². The van der Waals surface area contributed by atoms with E-state index in [1.54, 1.807) is 0 Å². The molecule has 22 heavy (non-hydrogen) atoms. The van der Waals surface area contributed by atoms with Crippen LogP contribution in [0.2, 0.25) is 5.02 Å². The van der Waals surface area contributed by atoms with E-state index in [0.717, 1.165) is 6.07 Å². The molecule has 0 bridgehead atoms. The average Bonchev–Trinajstić information content (AvgIpc) is 2.36. The van der Waals surface area contributed by atoms with Crippen molar-refractivity contribution in [1.82, 2.24) is 0 Å². The molecule has 0 radical (unpaired) electrons. The minimum absolute atomic E-state index is 0.147. The van der Waals surface area contributed by atoms with Gasteiger partial charge in [0.05, 0.1) is 18.1 Å². The van der Waals surface area contributed by atoms with Crippen LogP contribution in [0.5, 0.6) is 5.75 Å². The van der Waals surface area contributed by atoms with Gasteiger partial charge in [-0.3, -0.25) is 4.79 Å². The van der Waals surface area contributed by atoms with E-state index in [2.05, 4.69) is 14.8 Å². The van der Waals surface area contributed by atoms with Crippen molar-refractivity contribution in [3.05, 3.63) is 23.2 Å². The Labute approximate surface area is 127 Å². The molecular weight excluding hydrogens is 337 g/mol. The molecule has 0 aliphatic heterocycles. The van der Waals surface area contributed by atoms with E-state index in [0.29, 0.717) is 0 Å². The summed E-state index contributed by atoms with van der Waals surface area (Å²) in [6, 6.07) is 3.57. The van der Waals surface area contributed by atoms with E-state index in [9.17, 15) is 26.7 Å². The fourth-order valence-electron chi connectivity index (χ4n) is 1.35. The first-order valence-electron chi connectivity index (χ1n) is 5.86. The third-order valence-electron chi connectivity index (χ3n) is 2.17. The summed E-state index contributed by atoms with van der Waals surface area (Å²) in [6.45, 7) is -4.89. The number of rotatable bonds is 7. The molecule has 124 valence electrons. The highest BCUT2D eigenvalue weighted by Crippen LogP contribution is 2.28. The van der Waals surface area contributed by atoms with E-state index in [4.69, 9.17) is 11.6 Å². The molecule has 0 unspecified atom stereocenters. The van der Waals surface area contributed by atoms with Crippen LogP contribution in [0, 0.1) is 0 Å². The van der Waals surface area contributed by atoms with Gasteiger partial charge in [0.1, 0.15) is 12.4 Å².